The first-order valence-electron chi connectivity index (χ1n) is 17.2. The molecule has 0 aliphatic heterocycles. The Morgan fingerprint density at radius 3 is 1.16 bits per heavy atom. The van der Waals surface area contributed by atoms with Crippen molar-refractivity contribution in [2.24, 2.45) is 0 Å². The van der Waals surface area contributed by atoms with Gasteiger partial charge in [-0.1, -0.05) is 59.7 Å². The summed E-state index contributed by atoms with van der Waals surface area (Å²) in [6.45, 7) is 7.27. The largest absolute Gasteiger partial charge is 0.455 e. The van der Waals surface area contributed by atoms with Crippen LogP contribution in [-0.4, -0.2) is 28.4 Å². The van der Waals surface area contributed by atoms with E-state index in [1.54, 1.807) is 74.5 Å². The second-order valence-electron chi connectivity index (χ2n) is 13.5. The van der Waals surface area contributed by atoms with Crippen molar-refractivity contribution in [2.45, 2.75) is 37.5 Å². The molecular weight excluding hydrogens is 753 g/mol. The number of hydrogen-bond donors (Lipinski definition) is 4. The molecule has 0 bridgehead atoms. The van der Waals surface area contributed by atoms with Crippen molar-refractivity contribution in [3.63, 3.8) is 0 Å². The summed E-state index contributed by atoms with van der Waals surface area (Å²) in [5, 5.41) is 0. The van der Waals surface area contributed by atoms with E-state index in [1.165, 1.54) is 36.4 Å². The van der Waals surface area contributed by atoms with Crippen LogP contribution in [0.15, 0.2) is 119 Å². The first kappa shape index (κ1) is 37.7. The van der Waals surface area contributed by atoms with Crippen molar-refractivity contribution in [3.8, 4) is 23.0 Å². The molecule has 7 rings (SSSR count). The molecule has 0 radical (unpaired) electrons. The normalized spacial score (nSPS) is 12.4. The second-order valence-corrected chi connectivity index (χ2v) is 16.9. The first-order valence-corrected chi connectivity index (χ1v) is 20.2. The van der Waals surface area contributed by atoms with E-state index in [1.807, 2.05) is 26.0 Å². The molecule has 14 heteroatoms. The zero-order chi connectivity index (χ0) is 40.1. The van der Waals surface area contributed by atoms with Crippen LogP contribution in [0.25, 0.3) is 0 Å². The number of carbonyl (C=O) groups excluding carboxylic acids is 2. The van der Waals surface area contributed by atoms with E-state index in [2.05, 4.69) is 9.44 Å². The van der Waals surface area contributed by atoms with Gasteiger partial charge in [0.25, 0.3) is 20.0 Å². The maximum absolute atomic E-state index is 14.9. The van der Waals surface area contributed by atoms with Gasteiger partial charge < -0.3 is 20.9 Å². The summed E-state index contributed by atoms with van der Waals surface area (Å²) >= 11 is 0. The monoisotopic (exact) mass is 788 g/mol. The lowest BCUT2D eigenvalue weighted by molar-refractivity contribution is 0.0981. The lowest BCUT2D eigenvalue weighted by Crippen LogP contribution is -2.28. The molecule has 6 aromatic carbocycles. The number of hydrogen-bond acceptors (Lipinski definition) is 10. The summed E-state index contributed by atoms with van der Waals surface area (Å²) in [7, 11) is -8.76. The van der Waals surface area contributed by atoms with Gasteiger partial charge in [0, 0.05) is 12.1 Å². The van der Waals surface area contributed by atoms with Crippen LogP contribution in [0.2, 0.25) is 0 Å². The van der Waals surface area contributed by atoms with Gasteiger partial charge in [0.1, 0.15) is 11.5 Å². The van der Waals surface area contributed by atoms with Crippen molar-refractivity contribution in [3.05, 3.63) is 154 Å². The molecule has 0 spiro atoms. The van der Waals surface area contributed by atoms with Gasteiger partial charge >= 0.3 is 0 Å². The topological polar surface area (TPSA) is 197 Å². The number of ketones is 2. The molecule has 1 aliphatic rings. The zero-order valence-electron chi connectivity index (χ0n) is 30.6. The maximum atomic E-state index is 14.9. The summed E-state index contributed by atoms with van der Waals surface area (Å²) in [5.41, 5.74) is 13.7. The molecule has 0 saturated carbocycles. The molecule has 0 atom stereocenters. The van der Waals surface area contributed by atoms with E-state index in [4.69, 9.17) is 20.9 Å². The van der Waals surface area contributed by atoms with Crippen LogP contribution >= 0.6 is 0 Å². The Labute approximate surface area is 324 Å². The molecule has 0 aromatic heterocycles. The molecule has 0 unspecified atom stereocenters. The minimum Gasteiger partial charge on any atom is -0.455 e. The number of carbonyl (C=O) groups is 2. The average molecular weight is 789 g/mol. The molecule has 0 fully saturated rings. The van der Waals surface area contributed by atoms with Crippen molar-refractivity contribution in [1.82, 2.24) is 0 Å². The molecule has 6 N–H and O–H groups in total. The molecule has 6 aromatic rings. The van der Waals surface area contributed by atoms with Crippen LogP contribution < -0.4 is 30.4 Å². The lowest BCUT2D eigenvalue weighted by atomic mass is 9.80. The number of anilines is 4. The number of nitrogens with two attached hydrogens (primary N) is 2. The Bertz CT molecular complexity index is 2630. The van der Waals surface area contributed by atoms with Gasteiger partial charge in [-0.05, 0) is 87.4 Å². The Balaban J connectivity index is 1.46. The lowest BCUT2D eigenvalue weighted by Gasteiger charge is -2.27. The minimum absolute atomic E-state index is 0.119. The molecule has 284 valence electrons. The second kappa shape index (κ2) is 14.2. The fraction of sp³-hybridized carbons (Fsp3) is 0.0952. The number of fused-ring (bicyclic) bond motifs is 2. The van der Waals surface area contributed by atoms with Gasteiger partial charge in [-0.3, -0.25) is 19.0 Å². The summed E-state index contributed by atoms with van der Waals surface area (Å²) < 4.78 is 72.6. The highest BCUT2D eigenvalue weighted by atomic mass is 32.2. The highest BCUT2D eigenvalue weighted by Crippen LogP contribution is 2.48. The fourth-order valence-corrected chi connectivity index (χ4v) is 8.45. The number of rotatable bonds is 10. The number of aryl methyl sites for hydroxylation is 4. The van der Waals surface area contributed by atoms with E-state index >= 15 is 0 Å². The van der Waals surface area contributed by atoms with E-state index in [0.29, 0.717) is 11.5 Å². The molecule has 1 aliphatic carbocycles. The van der Waals surface area contributed by atoms with Gasteiger partial charge in [-0.15, -0.1) is 0 Å². The van der Waals surface area contributed by atoms with Crippen LogP contribution in [0.4, 0.5) is 22.7 Å². The van der Waals surface area contributed by atoms with Crippen LogP contribution in [0.5, 0.6) is 23.0 Å². The summed E-state index contributed by atoms with van der Waals surface area (Å²) in [6, 6.07) is 28.3. The number of sulfonamides is 2. The molecule has 0 saturated heterocycles. The SMILES string of the molecule is Cc1ccc(S(=O)(=O)Nc2cc(Oc3cccc(C)c3)c(N)c3c2C(=O)c2c(N)c(Oc4cccc(C)c4)cc(NS(=O)(=O)c4ccc(C)cc4)c2C3=O)cc1. The zero-order valence-corrected chi connectivity index (χ0v) is 32.3. The number of ether oxygens (including phenoxy) is 2. The van der Waals surface area contributed by atoms with Crippen LogP contribution in [0.1, 0.15) is 54.1 Å². The Morgan fingerprint density at radius 2 is 0.821 bits per heavy atom. The van der Waals surface area contributed by atoms with Crippen LogP contribution in [-0.2, 0) is 20.0 Å². The molecule has 12 nitrogen and oxygen atoms in total. The predicted octanol–water partition coefficient (Wildman–Crippen LogP) is 8.05. The van der Waals surface area contributed by atoms with E-state index in [9.17, 15) is 26.4 Å². The van der Waals surface area contributed by atoms with Gasteiger partial charge in [-0.2, -0.15) is 0 Å². The number of nitrogens with one attached hydrogen (secondary N) is 2. The summed E-state index contributed by atoms with van der Waals surface area (Å²) in [4.78, 5) is 29.6. The number of benzene rings is 6. The first-order chi connectivity index (χ1) is 26.5. The van der Waals surface area contributed by atoms with E-state index in [-0.39, 0.29) is 44.0 Å². The quantitative estimate of drug-likeness (QED) is 0.0984. The predicted molar refractivity (Wildman–Crippen MR) is 215 cm³/mol. The Kier molecular flexibility index (Phi) is 9.56. The fourth-order valence-electron chi connectivity index (χ4n) is 6.32. The van der Waals surface area contributed by atoms with Crippen LogP contribution in [0, 0.1) is 27.7 Å². The average Bonchev–Trinajstić information content (AvgIpc) is 3.13. The highest BCUT2D eigenvalue weighted by molar-refractivity contribution is 7.93. The highest BCUT2D eigenvalue weighted by Gasteiger charge is 2.41. The van der Waals surface area contributed by atoms with E-state index < -0.39 is 53.9 Å². The van der Waals surface area contributed by atoms with Crippen molar-refractivity contribution < 1.29 is 35.9 Å². The standard InChI is InChI=1S/C42H36N4O8S2/c1-23-11-15-29(16-12-23)55(49,50)45-31-21-33(53-27-9-5-7-25(3)19-27)39(43)37-35(31)41(47)38-36(42(37)48)32(46-56(51,52)30-17-13-24(2)14-18-30)22-34(40(38)44)54-28-10-6-8-26(4)20-28/h5-22,45-46H,43-44H2,1-4H3. The Morgan fingerprint density at radius 1 is 0.464 bits per heavy atom. The molecule has 56 heavy (non-hydrogen) atoms. The van der Waals surface area contributed by atoms with Crippen molar-refractivity contribution in [1.29, 1.82) is 0 Å². The summed E-state index contributed by atoms with van der Waals surface area (Å²) in [5.74, 6) is -1.51. The summed E-state index contributed by atoms with van der Waals surface area (Å²) in [6.07, 6.45) is 0. The van der Waals surface area contributed by atoms with Crippen LogP contribution in [0.3, 0.4) is 0 Å². The smallest absolute Gasteiger partial charge is 0.261 e. The van der Waals surface area contributed by atoms with Crippen molar-refractivity contribution >= 4 is 54.4 Å². The molecular formula is C42H36N4O8S2. The van der Waals surface area contributed by atoms with Gasteiger partial charge in [0.2, 0.25) is 0 Å². The van der Waals surface area contributed by atoms with Gasteiger partial charge in [0.05, 0.1) is 54.8 Å². The minimum atomic E-state index is -4.38. The third-order valence-corrected chi connectivity index (χ3v) is 11.9. The molecule has 0 amide bonds. The third kappa shape index (κ3) is 7.14. The van der Waals surface area contributed by atoms with Gasteiger partial charge in [-0.25, -0.2) is 16.8 Å². The number of nitrogen functional groups attached to an aromatic ring is 2. The van der Waals surface area contributed by atoms with Gasteiger partial charge in [0.15, 0.2) is 23.1 Å². The Hall–Kier alpha value is -6.64. The van der Waals surface area contributed by atoms with E-state index in [0.717, 1.165) is 22.3 Å². The molecule has 0 heterocycles. The third-order valence-electron chi connectivity index (χ3n) is 9.15. The maximum Gasteiger partial charge on any atom is 0.261 e. The van der Waals surface area contributed by atoms with Crippen molar-refractivity contribution in [2.75, 3.05) is 20.9 Å².